The molecule has 292 valence electrons. The molecule has 2 N–H and O–H groups in total. The van der Waals surface area contributed by atoms with Crippen LogP contribution in [0.2, 0.25) is 0 Å². The van der Waals surface area contributed by atoms with Gasteiger partial charge in [0.2, 0.25) is 0 Å². The van der Waals surface area contributed by atoms with Crippen LogP contribution < -0.4 is 4.72 Å². The number of carbonyl (C=O) groups is 4. The number of nitrogens with one attached hydrogen (secondary N) is 1. The van der Waals surface area contributed by atoms with Gasteiger partial charge < -0.3 is 14.9 Å². The van der Waals surface area contributed by atoms with Gasteiger partial charge in [0.05, 0.1) is 16.1 Å². The van der Waals surface area contributed by atoms with Crippen LogP contribution in [-0.2, 0) is 34.2 Å². The molecule has 13 heteroatoms. The molecule has 0 aliphatic carbocycles. The van der Waals surface area contributed by atoms with Crippen LogP contribution in [0, 0.1) is 6.92 Å². The second kappa shape index (κ2) is 17.3. The Labute approximate surface area is 327 Å². The van der Waals surface area contributed by atoms with Crippen molar-refractivity contribution in [1.29, 1.82) is 0 Å². The quantitative estimate of drug-likeness (QED) is 0.119. The predicted molar refractivity (Wildman–Crippen MR) is 213 cm³/mol. The summed E-state index contributed by atoms with van der Waals surface area (Å²) in [4.78, 5) is 57.6. The van der Waals surface area contributed by atoms with Crippen molar-refractivity contribution in [2.24, 2.45) is 0 Å². The van der Waals surface area contributed by atoms with E-state index in [1.165, 1.54) is 35.0 Å². The molecule has 0 saturated carbocycles. The van der Waals surface area contributed by atoms with Crippen molar-refractivity contribution >= 4 is 44.5 Å². The van der Waals surface area contributed by atoms with E-state index in [2.05, 4.69) is 4.72 Å². The van der Waals surface area contributed by atoms with Crippen molar-refractivity contribution in [3.63, 3.8) is 0 Å². The van der Waals surface area contributed by atoms with Crippen molar-refractivity contribution in [3.8, 4) is 5.69 Å². The van der Waals surface area contributed by atoms with E-state index < -0.39 is 27.8 Å². The van der Waals surface area contributed by atoms with Crippen LogP contribution in [-0.4, -0.2) is 76.4 Å². The van der Waals surface area contributed by atoms with E-state index in [0.29, 0.717) is 49.2 Å². The topological polar surface area (TPSA) is 159 Å². The second-order valence-electron chi connectivity index (χ2n) is 14.1. The molecular weight excluding hydrogens is 731 g/mol. The molecule has 3 amide bonds. The lowest BCUT2D eigenvalue weighted by Gasteiger charge is -2.29. The summed E-state index contributed by atoms with van der Waals surface area (Å²) in [6.07, 6.45) is 3.76. The van der Waals surface area contributed by atoms with Gasteiger partial charge in [-0.25, -0.2) is 17.8 Å². The normalized spacial score (nSPS) is 12.7. The molecule has 12 nitrogen and oxygen atoms in total. The molecule has 1 aliphatic rings. The predicted octanol–water partition coefficient (Wildman–Crippen LogP) is 6.71. The molecule has 0 fully saturated rings. The number of carboxylic acids is 1. The Morgan fingerprint density at radius 3 is 2.23 bits per heavy atom. The number of aromatic nitrogens is 2. The zero-order valence-corrected chi connectivity index (χ0v) is 32.8. The average molecular weight is 778 g/mol. The third-order valence-corrected chi connectivity index (χ3v) is 11.6. The molecule has 0 bridgehead atoms. The van der Waals surface area contributed by atoms with Crippen molar-refractivity contribution in [3.05, 3.63) is 124 Å². The third kappa shape index (κ3) is 8.68. The molecule has 1 aromatic heterocycles. The Kier molecular flexibility index (Phi) is 12.3. The number of sulfonamides is 1. The summed E-state index contributed by atoms with van der Waals surface area (Å²) in [5.74, 6) is -2.69. The van der Waals surface area contributed by atoms with Crippen LogP contribution in [0.5, 0.6) is 0 Å². The van der Waals surface area contributed by atoms with Gasteiger partial charge in [-0.2, -0.15) is 5.10 Å². The van der Waals surface area contributed by atoms with Gasteiger partial charge >= 0.3 is 5.97 Å². The fourth-order valence-corrected chi connectivity index (χ4v) is 8.09. The van der Waals surface area contributed by atoms with E-state index in [1.54, 1.807) is 34.9 Å². The molecule has 0 unspecified atom stereocenters. The fraction of sp³-hybridized carbons (Fsp3) is 0.326. The molecule has 56 heavy (non-hydrogen) atoms. The van der Waals surface area contributed by atoms with Crippen molar-refractivity contribution in [2.75, 3.05) is 19.6 Å². The van der Waals surface area contributed by atoms with Crippen LogP contribution in [0.3, 0.4) is 0 Å². The highest BCUT2D eigenvalue weighted by molar-refractivity contribution is 7.90. The maximum absolute atomic E-state index is 14.6. The maximum Gasteiger partial charge on any atom is 0.303 e. The largest absolute Gasteiger partial charge is 0.481 e. The third-order valence-electron chi connectivity index (χ3n) is 10.3. The minimum Gasteiger partial charge on any atom is -0.481 e. The lowest BCUT2D eigenvalue weighted by molar-refractivity contribution is -0.136. The van der Waals surface area contributed by atoms with Crippen molar-refractivity contribution < 1.29 is 32.7 Å². The average Bonchev–Trinajstić information content (AvgIpc) is 3.53. The second-order valence-corrected chi connectivity index (χ2v) is 15.8. The Morgan fingerprint density at radius 2 is 1.54 bits per heavy atom. The van der Waals surface area contributed by atoms with Crippen LogP contribution in [0.4, 0.5) is 0 Å². The van der Waals surface area contributed by atoms with Gasteiger partial charge in [0.1, 0.15) is 0 Å². The van der Waals surface area contributed by atoms with Gasteiger partial charge in [0, 0.05) is 49.4 Å². The smallest absolute Gasteiger partial charge is 0.303 e. The number of unbranched alkanes of at least 4 members (excludes halogenated alkanes) is 2. The number of aliphatic carboxylic acids is 1. The Hall–Kier alpha value is -5.82. The van der Waals surface area contributed by atoms with E-state index in [4.69, 9.17) is 5.10 Å². The number of nitrogens with zero attached hydrogens (tertiary/aromatic N) is 4. The first-order valence-electron chi connectivity index (χ1n) is 19.1. The van der Waals surface area contributed by atoms with Crippen molar-refractivity contribution in [2.45, 2.75) is 77.2 Å². The molecule has 0 radical (unpaired) electrons. The van der Waals surface area contributed by atoms with Crippen LogP contribution in [0.25, 0.3) is 16.5 Å². The molecule has 0 atom stereocenters. The summed E-state index contributed by atoms with van der Waals surface area (Å²) in [5.41, 5.74) is 3.45. The van der Waals surface area contributed by atoms with Crippen LogP contribution >= 0.6 is 0 Å². The number of carbonyl (C=O) groups excluding carboxylic acids is 3. The first-order valence-corrected chi connectivity index (χ1v) is 20.6. The number of hydrogen-bond acceptors (Lipinski definition) is 7. The Morgan fingerprint density at radius 1 is 0.857 bits per heavy atom. The number of fused-ring (bicyclic) bond motifs is 2. The van der Waals surface area contributed by atoms with E-state index in [1.807, 2.05) is 50.2 Å². The van der Waals surface area contributed by atoms with Gasteiger partial charge in [-0.3, -0.25) is 19.2 Å². The monoisotopic (exact) mass is 777 g/mol. The maximum atomic E-state index is 14.6. The van der Waals surface area contributed by atoms with Gasteiger partial charge in [-0.1, -0.05) is 81.3 Å². The zero-order chi connectivity index (χ0) is 40.0. The fourth-order valence-electron chi connectivity index (χ4n) is 7.08. The minimum absolute atomic E-state index is 0.0386. The summed E-state index contributed by atoms with van der Waals surface area (Å²) in [7, 11) is -4.30. The highest BCUT2D eigenvalue weighted by Gasteiger charge is 2.30. The van der Waals surface area contributed by atoms with Gasteiger partial charge in [-0.15, -0.1) is 0 Å². The molecule has 4 aromatic carbocycles. The Balaban J connectivity index is 1.43. The summed E-state index contributed by atoms with van der Waals surface area (Å²) < 4.78 is 30.6. The molecule has 0 spiro atoms. The van der Waals surface area contributed by atoms with Crippen molar-refractivity contribution in [1.82, 2.24) is 24.3 Å². The van der Waals surface area contributed by atoms with E-state index >= 15 is 0 Å². The standard InChI is InChI=1S/C43H47N5O7S/c1-4-6-23-46(24-7-5-2)43(53)40-36(19-21-39(49)50)29(3)48(44-40)38-20-17-33(27-37(38)42(52)47-25-22-31-13-9-11-15-34(31)28-47)41(51)45-56(54,55)35-18-16-30-12-8-10-14-32(30)26-35/h8-18,20,26-27H,4-7,19,21-25,28H2,1-3H3,(H,45,51)(H,49,50). The number of hydrogen-bond donors (Lipinski definition) is 2. The van der Waals surface area contributed by atoms with Crippen LogP contribution in [0.1, 0.15) is 99.5 Å². The number of benzene rings is 4. The van der Waals surface area contributed by atoms with Gasteiger partial charge in [-0.05, 0) is 84.8 Å². The lowest BCUT2D eigenvalue weighted by atomic mass is 9.98. The molecule has 2 heterocycles. The summed E-state index contributed by atoms with van der Waals surface area (Å²) >= 11 is 0. The van der Waals surface area contributed by atoms with E-state index in [0.717, 1.165) is 42.2 Å². The number of amides is 3. The van der Waals surface area contributed by atoms with Crippen LogP contribution in [0.15, 0.2) is 89.8 Å². The lowest BCUT2D eigenvalue weighted by Crippen LogP contribution is -2.37. The summed E-state index contributed by atoms with van der Waals surface area (Å²) in [5, 5.41) is 15.9. The molecular formula is C43H47N5O7S. The highest BCUT2D eigenvalue weighted by Crippen LogP contribution is 2.28. The highest BCUT2D eigenvalue weighted by atomic mass is 32.2. The van der Waals surface area contributed by atoms with Gasteiger partial charge in [0.15, 0.2) is 5.69 Å². The van der Waals surface area contributed by atoms with Gasteiger partial charge in [0.25, 0.3) is 27.7 Å². The summed E-state index contributed by atoms with van der Waals surface area (Å²) in [6, 6.07) is 24.0. The SMILES string of the molecule is CCCCN(CCCC)C(=O)c1nn(-c2ccc(C(=O)NS(=O)(=O)c3ccc4ccccc4c3)cc2C(=O)N2CCc3ccccc3C2)c(C)c1CCC(=O)O. The van der Waals surface area contributed by atoms with E-state index in [-0.39, 0.29) is 46.2 Å². The minimum atomic E-state index is -4.30. The molecule has 5 aromatic rings. The first kappa shape index (κ1) is 39.9. The molecule has 1 aliphatic heterocycles. The Bertz CT molecular complexity index is 2400. The number of rotatable bonds is 15. The zero-order valence-electron chi connectivity index (χ0n) is 32.0. The summed E-state index contributed by atoms with van der Waals surface area (Å²) in [6.45, 7) is 7.57. The van der Waals surface area contributed by atoms with E-state index in [9.17, 15) is 32.7 Å². The molecule has 0 saturated heterocycles. The first-order chi connectivity index (χ1) is 26.9. The molecule has 6 rings (SSSR count). The number of carboxylic acid groups (broad SMARTS) is 1.